The molecule has 0 bridgehead atoms. The summed E-state index contributed by atoms with van der Waals surface area (Å²) in [6.45, 7) is 2.12. The van der Waals surface area contributed by atoms with Gasteiger partial charge in [-0.15, -0.1) is 0 Å². The van der Waals surface area contributed by atoms with Crippen LogP contribution in [0.1, 0.15) is 25.0 Å². The van der Waals surface area contributed by atoms with Crippen molar-refractivity contribution >= 4 is 17.6 Å². The van der Waals surface area contributed by atoms with Crippen molar-refractivity contribution in [2.75, 3.05) is 25.5 Å². The Morgan fingerprint density at radius 1 is 1.40 bits per heavy atom. The second-order valence-corrected chi connectivity index (χ2v) is 4.73. The average Bonchev–Trinajstić information content (AvgIpc) is 2.36. The number of aliphatic hydroxyl groups is 1. The van der Waals surface area contributed by atoms with Crippen LogP contribution in [0.25, 0.3) is 0 Å². The highest BCUT2D eigenvalue weighted by molar-refractivity contribution is 5.88. The number of rotatable bonds is 7. The SMILES string of the molecule is CC(=O)Nc1cccc(C(O)CN(C)CCC(=O)O)c1. The molecule has 1 rings (SSSR count). The Hall–Kier alpha value is -1.92. The van der Waals surface area contributed by atoms with Crippen molar-refractivity contribution in [2.24, 2.45) is 0 Å². The minimum Gasteiger partial charge on any atom is -0.481 e. The van der Waals surface area contributed by atoms with Gasteiger partial charge in [0.1, 0.15) is 0 Å². The van der Waals surface area contributed by atoms with Gasteiger partial charge in [-0.05, 0) is 24.7 Å². The molecule has 0 aromatic heterocycles. The highest BCUT2D eigenvalue weighted by atomic mass is 16.4. The molecule has 6 nitrogen and oxygen atoms in total. The van der Waals surface area contributed by atoms with Crippen molar-refractivity contribution in [1.29, 1.82) is 0 Å². The molecular formula is C14H20N2O4. The molecule has 1 aromatic rings. The molecule has 0 fully saturated rings. The number of benzene rings is 1. The molecule has 1 aromatic carbocycles. The molecule has 3 N–H and O–H groups in total. The minimum atomic E-state index is -0.862. The first-order valence-corrected chi connectivity index (χ1v) is 6.34. The largest absolute Gasteiger partial charge is 0.481 e. The molecule has 0 aliphatic rings. The van der Waals surface area contributed by atoms with Gasteiger partial charge in [-0.1, -0.05) is 12.1 Å². The molecule has 0 aliphatic carbocycles. The molecule has 0 spiro atoms. The summed E-state index contributed by atoms with van der Waals surface area (Å²) in [6, 6.07) is 6.96. The Balaban J connectivity index is 2.60. The fourth-order valence-corrected chi connectivity index (χ4v) is 1.81. The predicted molar refractivity (Wildman–Crippen MR) is 75.5 cm³/mol. The van der Waals surface area contributed by atoms with Crippen molar-refractivity contribution in [3.8, 4) is 0 Å². The summed E-state index contributed by atoms with van der Waals surface area (Å²) in [6.07, 6.45) is -0.697. The first-order chi connectivity index (χ1) is 9.38. The molecule has 20 heavy (non-hydrogen) atoms. The van der Waals surface area contributed by atoms with E-state index in [1.807, 2.05) is 0 Å². The summed E-state index contributed by atoms with van der Waals surface area (Å²) in [5, 5.41) is 21.4. The van der Waals surface area contributed by atoms with Crippen LogP contribution in [0.5, 0.6) is 0 Å². The van der Waals surface area contributed by atoms with Gasteiger partial charge in [-0.2, -0.15) is 0 Å². The Bertz CT molecular complexity index is 476. The maximum absolute atomic E-state index is 11.0. The van der Waals surface area contributed by atoms with E-state index in [0.717, 1.165) is 0 Å². The van der Waals surface area contributed by atoms with E-state index in [9.17, 15) is 14.7 Å². The number of nitrogens with one attached hydrogen (secondary N) is 1. The van der Waals surface area contributed by atoms with Gasteiger partial charge in [0.05, 0.1) is 12.5 Å². The van der Waals surface area contributed by atoms with E-state index >= 15 is 0 Å². The van der Waals surface area contributed by atoms with Gasteiger partial charge in [0.15, 0.2) is 0 Å². The van der Waals surface area contributed by atoms with Crippen LogP contribution >= 0.6 is 0 Å². The first-order valence-electron chi connectivity index (χ1n) is 6.34. The molecule has 0 radical (unpaired) electrons. The lowest BCUT2D eigenvalue weighted by atomic mass is 10.1. The quantitative estimate of drug-likeness (QED) is 0.695. The summed E-state index contributed by atoms with van der Waals surface area (Å²) in [5.74, 6) is -1.03. The lowest BCUT2D eigenvalue weighted by molar-refractivity contribution is -0.137. The monoisotopic (exact) mass is 280 g/mol. The smallest absolute Gasteiger partial charge is 0.304 e. The number of likely N-dealkylation sites (N-methyl/N-ethyl adjacent to an activating group) is 1. The number of hydrogen-bond acceptors (Lipinski definition) is 4. The lowest BCUT2D eigenvalue weighted by Gasteiger charge is -2.20. The number of aliphatic hydroxyl groups excluding tert-OH is 1. The second kappa shape index (κ2) is 7.62. The van der Waals surface area contributed by atoms with Crippen molar-refractivity contribution < 1.29 is 19.8 Å². The standard InChI is InChI=1S/C14H20N2O4/c1-10(17)15-12-5-3-4-11(8-12)13(18)9-16(2)7-6-14(19)20/h3-5,8,13,18H,6-7,9H2,1-2H3,(H,15,17)(H,19,20). The third kappa shape index (κ3) is 5.81. The molecule has 0 aliphatic heterocycles. The van der Waals surface area contributed by atoms with E-state index in [2.05, 4.69) is 5.32 Å². The number of carboxylic acid groups (broad SMARTS) is 1. The fraction of sp³-hybridized carbons (Fsp3) is 0.429. The van der Waals surface area contributed by atoms with Gasteiger partial charge in [-0.3, -0.25) is 9.59 Å². The summed E-state index contributed by atoms with van der Waals surface area (Å²) >= 11 is 0. The molecule has 1 amide bonds. The highest BCUT2D eigenvalue weighted by Gasteiger charge is 2.12. The number of aliphatic carboxylic acids is 1. The Morgan fingerprint density at radius 2 is 2.10 bits per heavy atom. The number of anilines is 1. The van der Waals surface area contributed by atoms with Gasteiger partial charge in [0.2, 0.25) is 5.91 Å². The van der Waals surface area contributed by atoms with E-state index < -0.39 is 12.1 Å². The second-order valence-electron chi connectivity index (χ2n) is 4.73. The Kier molecular flexibility index (Phi) is 6.14. The number of carbonyl (C=O) groups is 2. The van der Waals surface area contributed by atoms with Gasteiger partial charge in [-0.25, -0.2) is 0 Å². The van der Waals surface area contributed by atoms with Crippen LogP contribution in [0.4, 0.5) is 5.69 Å². The van der Waals surface area contributed by atoms with Gasteiger partial charge in [0, 0.05) is 25.7 Å². The maximum Gasteiger partial charge on any atom is 0.304 e. The lowest BCUT2D eigenvalue weighted by Crippen LogP contribution is -2.27. The minimum absolute atomic E-state index is 0.0369. The number of amides is 1. The van der Waals surface area contributed by atoms with Crippen LogP contribution in [0.15, 0.2) is 24.3 Å². The van der Waals surface area contributed by atoms with Crippen molar-refractivity contribution in [3.05, 3.63) is 29.8 Å². The van der Waals surface area contributed by atoms with E-state index in [1.165, 1.54) is 6.92 Å². The molecule has 110 valence electrons. The third-order valence-electron chi connectivity index (χ3n) is 2.78. The Labute approximate surface area is 118 Å². The molecular weight excluding hydrogens is 260 g/mol. The summed E-state index contributed by atoms with van der Waals surface area (Å²) in [5.41, 5.74) is 1.31. The molecule has 1 unspecified atom stereocenters. The van der Waals surface area contributed by atoms with Gasteiger partial charge < -0.3 is 20.4 Å². The van der Waals surface area contributed by atoms with Crippen LogP contribution in [0.3, 0.4) is 0 Å². The fourth-order valence-electron chi connectivity index (χ4n) is 1.81. The zero-order chi connectivity index (χ0) is 15.1. The van der Waals surface area contributed by atoms with Crippen LogP contribution in [0, 0.1) is 0 Å². The summed E-state index contributed by atoms with van der Waals surface area (Å²) < 4.78 is 0. The van der Waals surface area contributed by atoms with Crippen LogP contribution in [0.2, 0.25) is 0 Å². The maximum atomic E-state index is 11.0. The van der Waals surface area contributed by atoms with E-state index in [4.69, 9.17) is 5.11 Å². The number of hydrogen-bond donors (Lipinski definition) is 3. The predicted octanol–water partition coefficient (Wildman–Crippen LogP) is 1.08. The van der Waals surface area contributed by atoms with E-state index in [-0.39, 0.29) is 12.3 Å². The summed E-state index contributed by atoms with van der Waals surface area (Å²) in [4.78, 5) is 23.2. The zero-order valence-electron chi connectivity index (χ0n) is 11.7. The number of carbonyl (C=O) groups excluding carboxylic acids is 1. The van der Waals surface area contributed by atoms with Crippen molar-refractivity contribution in [2.45, 2.75) is 19.4 Å². The molecule has 1 atom stereocenters. The zero-order valence-corrected chi connectivity index (χ0v) is 11.7. The summed E-state index contributed by atoms with van der Waals surface area (Å²) in [7, 11) is 1.75. The van der Waals surface area contributed by atoms with E-state index in [0.29, 0.717) is 24.3 Å². The average molecular weight is 280 g/mol. The number of carboxylic acids is 1. The Morgan fingerprint density at radius 3 is 2.70 bits per heavy atom. The van der Waals surface area contributed by atoms with Crippen LogP contribution < -0.4 is 5.32 Å². The van der Waals surface area contributed by atoms with Gasteiger partial charge >= 0.3 is 5.97 Å². The topological polar surface area (TPSA) is 89.9 Å². The normalized spacial score (nSPS) is 12.2. The molecule has 0 heterocycles. The molecule has 0 saturated carbocycles. The van der Waals surface area contributed by atoms with Crippen molar-refractivity contribution in [1.82, 2.24) is 4.90 Å². The van der Waals surface area contributed by atoms with Crippen LogP contribution in [-0.2, 0) is 9.59 Å². The van der Waals surface area contributed by atoms with Crippen molar-refractivity contribution in [3.63, 3.8) is 0 Å². The van der Waals surface area contributed by atoms with Crippen LogP contribution in [-0.4, -0.2) is 47.1 Å². The molecule has 0 saturated heterocycles. The van der Waals surface area contributed by atoms with E-state index in [1.54, 1.807) is 36.2 Å². The van der Waals surface area contributed by atoms with Gasteiger partial charge in [0.25, 0.3) is 0 Å². The first kappa shape index (κ1) is 16.1. The highest BCUT2D eigenvalue weighted by Crippen LogP contribution is 2.18. The third-order valence-corrected chi connectivity index (χ3v) is 2.78. The molecule has 6 heteroatoms. The number of nitrogens with zero attached hydrogens (tertiary/aromatic N) is 1.